The van der Waals surface area contributed by atoms with E-state index in [1.54, 1.807) is 0 Å². The third-order valence-electron chi connectivity index (χ3n) is 4.21. The summed E-state index contributed by atoms with van der Waals surface area (Å²) in [6.07, 6.45) is 14.5. The monoisotopic (exact) mass is 221 g/mol. The molecule has 1 nitrogen and oxygen atoms in total. The van der Waals surface area contributed by atoms with Gasteiger partial charge < -0.3 is 5.32 Å². The fourth-order valence-corrected chi connectivity index (χ4v) is 2.87. The highest BCUT2D eigenvalue weighted by atomic mass is 15.0. The molecule has 2 aliphatic rings. The Kier molecular flexibility index (Phi) is 4.45. The Labute approximate surface area is 101 Å². The van der Waals surface area contributed by atoms with Crippen LogP contribution in [0.3, 0.4) is 0 Å². The SMILES string of the molecule is CCC=CC(NC1CCC1)C1CC1CCC. The quantitative estimate of drug-likeness (QED) is 0.643. The van der Waals surface area contributed by atoms with E-state index in [4.69, 9.17) is 0 Å². The van der Waals surface area contributed by atoms with E-state index in [9.17, 15) is 0 Å². The molecule has 0 heterocycles. The van der Waals surface area contributed by atoms with E-state index in [0.717, 1.165) is 17.9 Å². The van der Waals surface area contributed by atoms with Crippen LogP contribution in [-0.2, 0) is 0 Å². The predicted octanol–water partition coefficient (Wildman–Crippen LogP) is 3.90. The molecule has 0 bridgehead atoms. The van der Waals surface area contributed by atoms with Gasteiger partial charge in [-0.25, -0.2) is 0 Å². The summed E-state index contributed by atoms with van der Waals surface area (Å²) in [5.74, 6) is 1.97. The topological polar surface area (TPSA) is 12.0 Å². The molecule has 16 heavy (non-hydrogen) atoms. The van der Waals surface area contributed by atoms with Crippen LogP contribution in [0.25, 0.3) is 0 Å². The van der Waals surface area contributed by atoms with Crippen LogP contribution in [0.1, 0.15) is 58.8 Å². The largest absolute Gasteiger partial charge is 0.307 e. The minimum absolute atomic E-state index is 0.682. The smallest absolute Gasteiger partial charge is 0.0283 e. The van der Waals surface area contributed by atoms with E-state index in [-0.39, 0.29) is 0 Å². The predicted molar refractivity (Wildman–Crippen MR) is 70.5 cm³/mol. The van der Waals surface area contributed by atoms with Gasteiger partial charge in [-0.3, -0.25) is 0 Å². The second-order valence-electron chi connectivity index (χ2n) is 5.60. The Hall–Kier alpha value is -0.300. The summed E-state index contributed by atoms with van der Waals surface area (Å²) < 4.78 is 0. The first-order chi connectivity index (χ1) is 7.85. The van der Waals surface area contributed by atoms with Crippen LogP contribution >= 0.6 is 0 Å². The maximum atomic E-state index is 3.85. The molecule has 0 aromatic carbocycles. The maximum absolute atomic E-state index is 3.85. The zero-order valence-corrected chi connectivity index (χ0v) is 10.9. The van der Waals surface area contributed by atoms with Crippen molar-refractivity contribution in [1.82, 2.24) is 5.32 Å². The van der Waals surface area contributed by atoms with Crippen molar-refractivity contribution >= 4 is 0 Å². The van der Waals surface area contributed by atoms with Gasteiger partial charge in [-0.1, -0.05) is 45.3 Å². The average molecular weight is 221 g/mol. The van der Waals surface area contributed by atoms with Gasteiger partial charge >= 0.3 is 0 Å². The lowest BCUT2D eigenvalue weighted by atomic mass is 9.91. The van der Waals surface area contributed by atoms with E-state index < -0.39 is 0 Å². The highest BCUT2D eigenvalue weighted by molar-refractivity contribution is 5.06. The van der Waals surface area contributed by atoms with Crippen LogP contribution in [0, 0.1) is 11.8 Å². The van der Waals surface area contributed by atoms with E-state index in [1.807, 2.05) is 0 Å². The number of rotatable bonds is 7. The van der Waals surface area contributed by atoms with Gasteiger partial charge in [0.2, 0.25) is 0 Å². The highest BCUT2D eigenvalue weighted by Gasteiger charge is 2.41. The van der Waals surface area contributed by atoms with Gasteiger partial charge in [-0.05, 0) is 37.5 Å². The molecular weight excluding hydrogens is 194 g/mol. The van der Waals surface area contributed by atoms with Crippen molar-refractivity contribution in [3.8, 4) is 0 Å². The number of hydrogen-bond acceptors (Lipinski definition) is 1. The number of hydrogen-bond donors (Lipinski definition) is 1. The summed E-state index contributed by atoms with van der Waals surface area (Å²) in [4.78, 5) is 0. The first-order valence-electron chi connectivity index (χ1n) is 7.27. The molecule has 0 amide bonds. The van der Waals surface area contributed by atoms with Crippen molar-refractivity contribution in [3.63, 3.8) is 0 Å². The Morgan fingerprint density at radius 3 is 2.69 bits per heavy atom. The van der Waals surface area contributed by atoms with Crippen molar-refractivity contribution in [2.45, 2.75) is 70.9 Å². The lowest BCUT2D eigenvalue weighted by molar-refractivity contribution is 0.306. The highest BCUT2D eigenvalue weighted by Crippen LogP contribution is 2.45. The molecule has 0 aromatic heterocycles. The zero-order valence-electron chi connectivity index (χ0n) is 10.9. The van der Waals surface area contributed by atoms with Crippen LogP contribution in [0.15, 0.2) is 12.2 Å². The molecule has 2 rings (SSSR count). The Morgan fingerprint density at radius 1 is 1.31 bits per heavy atom. The standard InChI is InChI=1S/C15H27N/c1-3-5-10-15(16-13-8-6-9-13)14-11-12(14)7-4-2/h5,10,12-16H,3-4,6-9,11H2,1-2H3. The molecule has 0 spiro atoms. The van der Waals surface area contributed by atoms with Gasteiger partial charge in [0.15, 0.2) is 0 Å². The molecule has 0 saturated heterocycles. The normalized spacial score (nSPS) is 31.6. The number of nitrogens with one attached hydrogen (secondary N) is 1. The molecule has 3 unspecified atom stereocenters. The zero-order chi connectivity index (χ0) is 11.4. The average Bonchev–Trinajstić information content (AvgIpc) is 2.95. The first kappa shape index (κ1) is 12.2. The van der Waals surface area contributed by atoms with Gasteiger partial charge in [-0.15, -0.1) is 0 Å². The van der Waals surface area contributed by atoms with Gasteiger partial charge in [0.25, 0.3) is 0 Å². The summed E-state index contributed by atoms with van der Waals surface area (Å²) in [5, 5.41) is 3.85. The molecule has 3 atom stereocenters. The Bertz CT molecular complexity index is 230. The summed E-state index contributed by atoms with van der Waals surface area (Å²) in [6.45, 7) is 4.54. The van der Waals surface area contributed by atoms with E-state index in [2.05, 4.69) is 31.3 Å². The lowest BCUT2D eigenvalue weighted by Gasteiger charge is -2.30. The summed E-state index contributed by atoms with van der Waals surface area (Å²) in [5.41, 5.74) is 0. The third-order valence-corrected chi connectivity index (χ3v) is 4.21. The van der Waals surface area contributed by atoms with Gasteiger partial charge in [0.05, 0.1) is 0 Å². The molecule has 1 heteroatoms. The van der Waals surface area contributed by atoms with E-state index in [1.165, 1.54) is 44.9 Å². The summed E-state index contributed by atoms with van der Waals surface area (Å²) in [7, 11) is 0. The van der Waals surface area contributed by atoms with Gasteiger partial charge in [0.1, 0.15) is 0 Å². The van der Waals surface area contributed by atoms with Gasteiger partial charge in [-0.2, -0.15) is 0 Å². The molecule has 92 valence electrons. The second-order valence-corrected chi connectivity index (χ2v) is 5.60. The molecule has 2 fully saturated rings. The van der Waals surface area contributed by atoms with Crippen LogP contribution in [0.5, 0.6) is 0 Å². The molecule has 0 aromatic rings. The van der Waals surface area contributed by atoms with Crippen molar-refractivity contribution in [2.75, 3.05) is 0 Å². The maximum Gasteiger partial charge on any atom is 0.0283 e. The second kappa shape index (κ2) is 5.86. The fourth-order valence-electron chi connectivity index (χ4n) is 2.87. The van der Waals surface area contributed by atoms with Crippen molar-refractivity contribution in [1.29, 1.82) is 0 Å². The Balaban J connectivity index is 1.80. The van der Waals surface area contributed by atoms with E-state index >= 15 is 0 Å². The molecule has 2 saturated carbocycles. The van der Waals surface area contributed by atoms with Crippen LogP contribution in [-0.4, -0.2) is 12.1 Å². The first-order valence-corrected chi connectivity index (χ1v) is 7.27. The molecule has 0 aliphatic heterocycles. The van der Waals surface area contributed by atoms with Crippen molar-refractivity contribution in [2.24, 2.45) is 11.8 Å². The van der Waals surface area contributed by atoms with E-state index in [0.29, 0.717) is 6.04 Å². The summed E-state index contributed by atoms with van der Waals surface area (Å²) in [6, 6.07) is 1.51. The molecule has 1 N–H and O–H groups in total. The Morgan fingerprint density at radius 2 is 2.12 bits per heavy atom. The minimum atomic E-state index is 0.682. The molecular formula is C15H27N. The molecule has 2 aliphatic carbocycles. The van der Waals surface area contributed by atoms with Crippen LogP contribution < -0.4 is 5.32 Å². The van der Waals surface area contributed by atoms with Crippen molar-refractivity contribution in [3.05, 3.63) is 12.2 Å². The third kappa shape index (κ3) is 3.10. The lowest BCUT2D eigenvalue weighted by Crippen LogP contribution is -2.42. The fraction of sp³-hybridized carbons (Fsp3) is 0.867. The number of allylic oxidation sites excluding steroid dienone is 1. The molecule has 0 radical (unpaired) electrons. The van der Waals surface area contributed by atoms with Crippen LogP contribution in [0.2, 0.25) is 0 Å². The van der Waals surface area contributed by atoms with Gasteiger partial charge in [0, 0.05) is 12.1 Å². The van der Waals surface area contributed by atoms with Crippen molar-refractivity contribution < 1.29 is 0 Å². The van der Waals surface area contributed by atoms with Crippen LogP contribution in [0.4, 0.5) is 0 Å². The summed E-state index contributed by atoms with van der Waals surface area (Å²) >= 11 is 0. The minimum Gasteiger partial charge on any atom is -0.307 e.